The molecule has 2 saturated carbocycles. The Hall–Kier alpha value is -1.73. The lowest BCUT2D eigenvalue weighted by Gasteiger charge is -2.43. The summed E-state index contributed by atoms with van der Waals surface area (Å²) in [6.07, 6.45) is 4.33. The topological polar surface area (TPSA) is 61.8 Å². The first-order valence-electron chi connectivity index (χ1n) is 9.56. The number of alkyl halides is 2. The van der Waals surface area contributed by atoms with E-state index in [0.29, 0.717) is 35.7 Å². The molecular formula is C20H28F2N2O3. The van der Waals surface area contributed by atoms with Gasteiger partial charge in [-0.1, -0.05) is 12.1 Å². The molecule has 1 aromatic rings. The highest BCUT2D eigenvalue weighted by Crippen LogP contribution is 2.34. The molecule has 2 N–H and O–H groups in total. The van der Waals surface area contributed by atoms with E-state index in [1.165, 1.54) is 12.8 Å². The van der Waals surface area contributed by atoms with Crippen molar-refractivity contribution in [3.05, 3.63) is 28.8 Å². The van der Waals surface area contributed by atoms with E-state index >= 15 is 0 Å². The number of carbonyl (C=O) groups is 1. The molecule has 0 aliphatic heterocycles. The van der Waals surface area contributed by atoms with E-state index in [9.17, 15) is 13.6 Å². The number of nitrogens with zero attached hydrogens (tertiary/aromatic N) is 1. The first kappa shape index (κ1) is 20.0. The zero-order valence-corrected chi connectivity index (χ0v) is 15.9. The zero-order valence-electron chi connectivity index (χ0n) is 15.9. The van der Waals surface area contributed by atoms with Crippen molar-refractivity contribution < 1.29 is 23.4 Å². The summed E-state index contributed by atoms with van der Waals surface area (Å²) in [5.74, 6) is 0.169. The van der Waals surface area contributed by atoms with Crippen LogP contribution in [0.1, 0.15) is 42.4 Å². The van der Waals surface area contributed by atoms with Gasteiger partial charge in [0.25, 0.3) is 0 Å². The van der Waals surface area contributed by atoms with Gasteiger partial charge >= 0.3 is 12.6 Å². The Morgan fingerprint density at radius 1 is 1.30 bits per heavy atom. The normalized spacial score (nSPS) is 22.1. The first-order valence-corrected chi connectivity index (χ1v) is 9.56. The van der Waals surface area contributed by atoms with Crippen molar-refractivity contribution in [3.8, 4) is 5.75 Å². The predicted octanol–water partition coefficient (Wildman–Crippen LogP) is 3.32. The maximum atomic E-state index is 12.5. The number of carboxylic acids is 1. The number of hydrogen-bond acceptors (Lipinski definition) is 4. The fraction of sp³-hybridized carbons (Fsp3) is 0.650. The minimum atomic E-state index is -2.82. The molecule has 150 valence electrons. The molecule has 0 aromatic heterocycles. The van der Waals surface area contributed by atoms with Gasteiger partial charge < -0.3 is 15.2 Å². The van der Waals surface area contributed by atoms with Crippen LogP contribution in [0.25, 0.3) is 0 Å². The van der Waals surface area contributed by atoms with Crippen molar-refractivity contribution in [2.24, 2.45) is 5.92 Å². The van der Waals surface area contributed by atoms with E-state index in [4.69, 9.17) is 5.11 Å². The second-order valence-electron chi connectivity index (χ2n) is 7.91. The maximum absolute atomic E-state index is 12.5. The van der Waals surface area contributed by atoms with E-state index in [1.807, 2.05) is 12.1 Å². The number of rotatable bonds is 10. The number of hydrogen-bond donors (Lipinski definition) is 2. The largest absolute Gasteiger partial charge is 0.480 e. The average Bonchev–Trinajstić information content (AvgIpc) is 3.32. The van der Waals surface area contributed by atoms with Gasteiger partial charge in [0.1, 0.15) is 5.75 Å². The molecule has 0 amide bonds. The van der Waals surface area contributed by atoms with Gasteiger partial charge in [-0.15, -0.1) is 0 Å². The molecule has 27 heavy (non-hydrogen) atoms. The SMILES string of the molecule is Cc1cc(CNC2CC(N(CC(=O)O)CC3CC3)C2)cc(C)c1OC(F)F. The van der Waals surface area contributed by atoms with Crippen molar-refractivity contribution >= 4 is 5.97 Å². The van der Waals surface area contributed by atoms with Crippen LogP contribution in [0.2, 0.25) is 0 Å². The fourth-order valence-electron chi connectivity index (χ4n) is 3.88. The van der Waals surface area contributed by atoms with Crippen molar-refractivity contribution in [2.75, 3.05) is 13.1 Å². The van der Waals surface area contributed by atoms with E-state index in [0.717, 1.165) is 24.9 Å². The summed E-state index contributed by atoms with van der Waals surface area (Å²) in [5, 5.41) is 12.6. The van der Waals surface area contributed by atoms with E-state index in [-0.39, 0.29) is 12.3 Å². The molecule has 3 rings (SSSR count). The highest BCUT2D eigenvalue weighted by atomic mass is 19.3. The average molecular weight is 382 g/mol. The van der Waals surface area contributed by atoms with Crippen molar-refractivity contribution in [3.63, 3.8) is 0 Å². The third-order valence-electron chi connectivity index (χ3n) is 5.48. The molecule has 1 aromatic carbocycles. The molecule has 5 nitrogen and oxygen atoms in total. The second kappa shape index (κ2) is 8.52. The Bertz CT molecular complexity index is 650. The lowest BCUT2D eigenvalue weighted by atomic mass is 9.85. The van der Waals surface area contributed by atoms with Gasteiger partial charge in [-0.05, 0) is 62.1 Å². The standard InChI is InChI=1S/C20H28F2N2O3/c1-12-5-15(6-13(2)19(12)27-20(21)22)9-23-16-7-17(8-16)24(11-18(25)26)10-14-3-4-14/h5-6,14,16-17,20,23H,3-4,7-11H2,1-2H3,(H,25,26). The Morgan fingerprint density at radius 3 is 2.44 bits per heavy atom. The zero-order chi connectivity index (χ0) is 19.6. The van der Waals surface area contributed by atoms with Gasteiger partial charge in [0.05, 0.1) is 6.54 Å². The highest BCUT2D eigenvalue weighted by molar-refractivity contribution is 5.69. The Kier molecular flexibility index (Phi) is 6.32. The van der Waals surface area contributed by atoms with E-state index in [2.05, 4.69) is 15.0 Å². The monoisotopic (exact) mass is 382 g/mol. The van der Waals surface area contributed by atoms with E-state index in [1.54, 1.807) is 13.8 Å². The Labute approximate surface area is 158 Å². The van der Waals surface area contributed by atoms with Crippen molar-refractivity contribution in [1.82, 2.24) is 10.2 Å². The molecule has 7 heteroatoms. The molecule has 0 unspecified atom stereocenters. The first-order chi connectivity index (χ1) is 12.8. The summed E-state index contributed by atoms with van der Waals surface area (Å²) in [4.78, 5) is 13.2. The van der Waals surface area contributed by atoms with Crippen LogP contribution >= 0.6 is 0 Å². The lowest BCUT2D eigenvalue weighted by Crippen LogP contribution is -2.54. The van der Waals surface area contributed by atoms with Crippen LogP contribution in [0, 0.1) is 19.8 Å². The van der Waals surface area contributed by atoms with Crippen molar-refractivity contribution in [1.29, 1.82) is 0 Å². The highest BCUT2D eigenvalue weighted by Gasteiger charge is 2.36. The van der Waals surface area contributed by atoms with Crippen LogP contribution < -0.4 is 10.1 Å². The number of benzene rings is 1. The quantitative estimate of drug-likeness (QED) is 0.650. The van der Waals surface area contributed by atoms with Crippen LogP contribution in [0.4, 0.5) is 8.78 Å². The van der Waals surface area contributed by atoms with Crippen LogP contribution in [0.5, 0.6) is 5.75 Å². The third-order valence-corrected chi connectivity index (χ3v) is 5.48. The smallest absolute Gasteiger partial charge is 0.387 e. The molecule has 0 radical (unpaired) electrons. The Balaban J connectivity index is 1.48. The minimum Gasteiger partial charge on any atom is -0.480 e. The molecule has 2 aliphatic rings. The summed E-state index contributed by atoms with van der Waals surface area (Å²) in [7, 11) is 0. The predicted molar refractivity (Wildman–Crippen MR) is 98.1 cm³/mol. The molecule has 2 fully saturated rings. The van der Waals surface area contributed by atoms with Gasteiger partial charge in [-0.2, -0.15) is 8.78 Å². The number of aryl methyl sites for hydroxylation is 2. The van der Waals surface area contributed by atoms with Crippen molar-refractivity contribution in [2.45, 2.75) is 64.8 Å². The summed E-state index contributed by atoms with van der Waals surface area (Å²) in [6, 6.07) is 4.45. The summed E-state index contributed by atoms with van der Waals surface area (Å²) in [6.45, 7) is 2.41. The van der Waals surface area contributed by atoms with Gasteiger partial charge in [0.2, 0.25) is 0 Å². The third kappa shape index (κ3) is 5.62. The molecule has 2 aliphatic carbocycles. The van der Waals surface area contributed by atoms with E-state index < -0.39 is 12.6 Å². The summed E-state index contributed by atoms with van der Waals surface area (Å²) < 4.78 is 29.5. The number of carboxylic acid groups (broad SMARTS) is 1. The lowest BCUT2D eigenvalue weighted by molar-refractivity contribution is -0.139. The van der Waals surface area contributed by atoms with Crippen LogP contribution in [-0.2, 0) is 11.3 Å². The van der Waals surface area contributed by atoms with Crippen LogP contribution in [0.15, 0.2) is 12.1 Å². The number of ether oxygens (including phenoxy) is 1. The fourth-order valence-corrected chi connectivity index (χ4v) is 3.88. The molecule has 0 saturated heterocycles. The number of aliphatic carboxylic acids is 1. The van der Waals surface area contributed by atoms with Gasteiger partial charge in [0, 0.05) is 25.2 Å². The summed E-state index contributed by atoms with van der Waals surface area (Å²) >= 11 is 0. The molecular weight excluding hydrogens is 354 g/mol. The van der Waals surface area contributed by atoms with Gasteiger partial charge in [-0.25, -0.2) is 0 Å². The maximum Gasteiger partial charge on any atom is 0.387 e. The van der Waals surface area contributed by atoms with Crippen LogP contribution in [-0.4, -0.2) is 47.8 Å². The molecule has 0 spiro atoms. The summed E-state index contributed by atoms with van der Waals surface area (Å²) in [5.41, 5.74) is 2.45. The number of nitrogens with one attached hydrogen (secondary N) is 1. The molecule has 0 bridgehead atoms. The molecule has 0 atom stereocenters. The van der Waals surface area contributed by atoms with Gasteiger partial charge in [-0.3, -0.25) is 9.69 Å². The van der Waals surface area contributed by atoms with Gasteiger partial charge in [0.15, 0.2) is 0 Å². The molecule has 0 heterocycles. The second-order valence-corrected chi connectivity index (χ2v) is 7.91. The number of halogens is 2. The Morgan fingerprint density at radius 2 is 1.93 bits per heavy atom. The van der Waals surface area contributed by atoms with Crippen LogP contribution in [0.3, 0.4) is 0 Å². The minimum absolute atomic E-state index is 0.123.